The van der Waals surface area contributed by atoms with Gasteiger partial charge in [0, 0.05) is 11.1 Å². The lowest BCUT2D eigenvalue weighted by Crippen LogP contribution is -2.56. The van der Waals surface area contributed by atoms with E-state index in [1.165, 1.54) is 57.8 Å². The van der Waals surface area contributed by atoms with Crippen molar-refractivity contribution in [3.05, 3.63) is 0 Å². The molecule has 31 heavy (non-hydrogen) atoms. The topological polar surface area (TPSA) is 41.1 Å². The van der Waals surface area contributed by atoms with Crippen molar-refractivity contribution >= 4 is 6.03 Å². The van der Waals surface area contributed by atoms with Gasteiger partial charge in [-0.2, -0.15) is 0 Å². The van der Waals surface area contributed by atoms with Crippen molar-refractivity contribution in [2.24, 2.45) is 28.6 Å². The van der Waals surface area contributed by atoms with E-state index in [9.17, 15) is 4.79 Å². The summed E-state index contributed by atoms with van der Waals surface area (Å²) < 4.78 is 0. The van der Waals surface area contributed by atoms with Crippen molar-refractivity contribution in [1.29, 1.82) is 0 Å². The molecular weight excluding hydrogens is 380 g/mol. The molecule has 0 aromatic heterocycles. The molecule has 0 spiro atoms. The molecule has 1 unspecified atom stereocenters. The van der Waals surface area contributed by atoms with E-state index in [4.69, 9.17) is 0 Å². The van der Waals surface area contributed by atoms with E-state index < -0.39 is 0 Å². The number of nitrogens with one attached hydrogen (secondary N) is 2. The highest BCUT2D eigenvalue weighted by atomic mass is 16.2. The summed E-state index contributed by atoms with van der Waals surface area (Å²) in [7, 11) is 0. The minimum atomic E-state index is -0.229. The first-order valence-electron chi connectivity index (χ1n) is 13.2. The van der Waals surface area contributed by atoms with Crippen LogP contribution in [-0.4, -0.2) is 17.1 Å². The van der Waals surface area contributed by atoms with Gasteiger partial charge in [-0.25, -0.2) is 4.79 Å². The van der Waals surface area contributed by atoms with Crippen LogP contribution >= 0.6 is 0 Å². The number of hydrogen-bond acceptors (Lipinski definition) is 1. The average molecular weight is 435 g/mol. The van der Waals surface area contributed by atoms with Gasteiger partial charge >= 0.3 is 6.03 Å². The molecule has 0 heterocycles. The normalized spacial score (nSPS) is 21.2. The van der Waals surface area contributed by atoms with E-state index in [1.807, 2.05) is 0 Å². The largest absolute Gasteiger partial charge is 0.333 e. The fourth-order valence-electron chi connectivity index (χ4n) is 7.30. The molecule has 0 bridgehead atoms. The van der Waals surface area contributed by atoms with Crippen LogP contribution in [0.15, 0.2) is 0 Å². The highest BCUT2D eigenvalue weighted by Crippen LogP contribution is 2.45. The summed E-state index contributed by atoms with van der Waals surface area (Å²) in [5, 5.41) is 6.65. The van der Waals surface area contributed by atoms with Gasteiger partial charge in [-0.1, -0.05) is 79.6 Å². The van der Waals surface area contributed by atoms with Crippen molar-refractivity contribution < 1.29 is 4.79 Å². The Bertz CT molecular complexity index is 578. The summed E-state index contributed by atoms with van der Waals surface area (Å²) in [5.74, 6) is 2.31. The van der Waals surface area contributed by atoms with E-state index >= 15 is 0 Å². The third-order valence-electron chi connectivity index (χ3n) is 8.75. The van der Waals surface area contributed by atoms with Crippen molar-refractivity contribution in [1.82, 2.24) is 10.6 Å². The van der Waals surface area contributed by atoms with Gasteiger partial charge in [0.25, 0.3) is 0 Å². The standard InChI is InChI=1S/C28H54N2O/c1-21(22-15-11-10-12-16-22)25(2,3)19-27(6,7)29-24(31)30-28(8,9)20-26(4,5)23-17-13-14-18-23/h21-23H,10-20H2,1-9H3,(H2,29,30,31). The van der Waals surface area contributed by atoms with Crippen LogP contribution in [0.4, 0.5) is 4.79 Å². The number of carbonyl (C=O) groups excluding carboxylic acids is 1. The second-order valence-electron chi connectivity index (χ2n) is 13.8. The van der Waals surface area contributed by atoms with Gasteiger partial charge in [-0.05, 0) is 82.0 Å². The van der Waals surface area contributed by atoms with Crippen molar-refractivity contribution in [2.45, 2.75) is 144 Å². The van der Waals surface area contributed by atoms with E-state index in [0.717, 1.165) is 24.7 Å². The van der Waals surface area contributed by atoms with Gasteiger partial charge < -0.3 is 10.6 Å². The van der Waals surface area contributed by atoms with Crippen LogP contribution in [-0.2, 0) is 0 Å². The Hall–Kier alpha value is -0.730. The van der Waals surface area contributed by atoms with E-state index in [0.29, 0.717) is 5.92 Å². The lowest BCUT2D eigenvalue weighted by Gasteiger charge is -2.44. The third-order valence-corrected chi connectivity index (χ3v) is 8.75. The van der Waals surface area contributed by atoms with Gasteiger partial charge in [0.05, 0.1) is 0 Å². The van der Waals surface area contributed by atoms with Gasteiger partial charge in [-0.3, -0.25) is 0 Å². The monoisotopic (exact) mass is 434 g/mol. The van der Waals surface area contributed by atoms with E-state index in [2.05, 4.69) is 72.9 Å². The molecule has 182 valence electrons. The smallest absolute Gasteiger partial charge is 0.315 e. The highest BCUT2D eigenvalue weighted by molar-refractivity contribution is 5.75. The summed E-state index contributed by atoms with van der Waals surface area (Å²) >= 11 is 0. The predicted octanol–water partition coefficient (Wildman–Crippen LogP) is 8.08. The molecule has 1 atom stereocenters. The Kier molecular flexibility index (Phi) is 8.59. The molecule has 2 aliphatic rings. The molecule has 2 fully saturated rings. The number of rotatable bonds is 9. The molecule has 0 radical (unpaired) electrons. The van der Waals surface area contributed by atoms with E-state index in [-0.39, 0.29) is 27.9 Å². The fraction of sp³-hybridized carbons (Fsp3) is 0.964. The first-order chi connectivity index (χ1) is 14.1. The Labute approximate surface area is 194 Å². The third kappa shape index (κ3) is 7.97. The molecule has 0 aliphatic heterocycles. The van der Waals surface area contributed by atoms with Crippen LogP contribution in [0.2, 0.25) is 0 Å². The number of hydrogen-bond donors (Lipinski definition) is 2. The quantitative estimate of drug-likeness (QED) is 0.378. The number of carbonyl (C=O) groups is 1. The number of amides is 2. The zero-order valence-electron chi connectivity index (χ0n) is 22.4. The lowest BCUT2D eigenvalue weighted by molar-refractivity contribution is 0.0874. The van der Waals surface area contributed by atoms with Gasteiger partial charge in [0.15, 0.2) is 0 Å². The molecule has 0 aromatic carbocycles. The van der Waals surface area contributed by atoms with Crippen LogP contribution in [0.25, 0.3) is 0 Å². The minimum Gasteiger partial charge on any atom is -0.333 e. The van der Waals surface area contributed by atoms with Crippen LogP contribution < -0.4 is 10.6 Å². The molecule has 0 aromatic rings. The van der Waals surface area contributed by atoms with Crippen LogP contribution in [0, 0.1) is 28.6 Å². The van der Waals surface area contributed by atoms with Gasteiger partial charge in [-0.15, -0.1) is 0 Å². The second-order valence-corrected chi connectivity index (χ2v) is 13.8. The Morgan fingerprint density at radius 3 is 1.71 bits per heavy atom. The molecule has 3 heteroatoms. The molecule has 2 amide bonds. The fourth-order valence-corrected chi connectivity index (χ4v) is 7.30. The van der Waals surface area contributed by atoms with E-state index in [1.54, 1.807) is 0 Å². The summed E-state index contributed by atoms with van der Waals surface area (Å²) in [6.45, 7) is 20.8. The van der Waals surface area contributed by atoms with Crippen molar-refractivity contribution in [3.8, 4) is 0 Å². The Morgan fingerprint density at radius 1 is 0.742 bits per heavy atom. The summed E-state index contributed by atoms with van der Waals surface area (Å²) in [6.07, 6.45) is 14.4. The van der Waals surface area contributed by atoms with Crippen molar-refractivity contribution in [3.63, 3.8) is 0 Å². The molecule has 2 rings (SSSR count). The molecule has 2 aliphatic carbocycles. The van der Waals surface area contributed by atoms with Gasteiger partial charge in [0.1, 0.15) is 0 Å². The molecular formula is C28H54N2O. The highest BCUT2D eigenvalue weighted by Gasteiger charge is 2.40. The maximum absolute atomic E-state index is 13.0. The Morgan fingerprint density at radius 2 is 1.19 bits per heavy atom. The lowest BCUT2D eigenvalue weighted by atomic mass is 9.64. The maximum Gasteiger partial charge on any atom is 0.315 e. The minimum absolute atomic E-state index is 0.0154. The van der Waals surface area contributed by atoms with Crippen LogP contribution in [0.5, 0.6) is 0 Å². The first kappa shape index (κ1) is 26.5. The second kappa shape index (κ2) is 10.0. The van der Waals surface area contributed by atoms with Crippen molar-refractivity contribution in [2.75, 3.05) is 0 Å². The summed E-state index contributed by atoms with van der Waals surface area (Å²) in [5.41, 5.74) is 0.0315. The first-order valence-corrected chi connectivity index (χ1v) is 13.2. The Balaban J connectivity index is 1.91. The zero-order chi connectivity index (χ0) is 23.5. The summed E-state index contributed by atoms with van der Waals surface area (Å²) in [4.78, 5) is 13.0. The van der Waals surface area contributed by atoms with Crippen LogP contribution in [0.1, 0.15) is 133 Å². The van der Waals surface area contributed by atoms with Crippen LogP contribution in [0.3, 0.4) is 0 Å². The zero-order valence-corrected chi connectivity index (χ0v) is 22.4. The molecule has 2 N–H and O–H groups in total. The molecule has 3 nitrogen and oxygen atoms in total. The molecule has 0 saturated heterocycles. The van der Waals surface area contributed by atoms with Gasteiger partial charge in [0.2, 0.25) is 0 Å². The predicted molar refractivity (Wildman–Crippen MR) is 134 cm³/mol. The SMILES string of the molecule is CC(C1CCCCC1)C(C)(C)CC(C)(C)NC(=O)NC(C)(C)CC(C)(C)C1CCCC1. The number of urea groups is 1. The average Bonchev–Trinajstić information content (AvgIpc) is 3.14. The molecule has 2 saturated carbocycles. The maximum atomic E-state index is 13.0. The summed E-state index contributed by atoms with van der Waals surface area (Å²) in [6, 6.07) is -0.0154.